The number of amides is 1. The van der Waals surface area contributed by atoms with Gasteiger partial charge in [-0.25, -0.2) is 18.9 Å². The van der Waals surface area contributed by atoms with Crippen LogP contribution in [0.4, 0.5) is 0 Å². The van der Waals surface area contributed by atoms with Gasteiger partial charge in [0, 0.05) is 24.6 Å². The summed E-state index contributed by atoms with van der Waals surface area (Å²) < 4.78 is 40.6. The number of carbonyl (C=O) groups excluding carboxylic acids is 1. The van der Waals surface area contributed by atoms with E-state index in [-0.39, 0.29) is 17.9 Å². The third-order valence-corrected chi connectivity index (χ3v) is 7.04. The molecular formula is C23H22N4O6S. The molecule has 176 valence electrons. The second-order valence-electron chi connectivity index (χ2n) is 7.24. The van der Waals surface area contributed by atoms with Gasteiger partial charge < -0.3 is 13.7 Å². The summed E-state index contributed by atoms with van der Waals surface area (Å²) in [6, 6.07) is 15.9. The number of sulfonamides is 1. The molecule has 0 unspecified atom stereocenters. The largest absolute Gasteiger partial charge is 0.468 e. The Labute approximate surface area is 196 Å². The van der Waals surface area contributed by atoms with E-state index in [9.17, 15) is 8.42 Å². The zero-order valence-corrected chi connectivity index (χ0v) is 18.8. The van der Waals surface area contributed by atoms with Crippen LogP contribution in [-0.4, -0.2) is 40.4 Å². The van der Waals surface area contributed by atoms with Gasteiger partial charge in [-0.3, -0.25) is 10.0 Å². The van der Waals surface area contributed by atoms with Crippen LogP contribution in [0.3, 0.4) is 0 Å². The first-order valence-corrected chi connectivity index (χ1v) is 11.7. The van der Waals surface area contributed by atoms with Crippen LogP contribution in [0, 0.1) is 0 Å². The molecule has 0 bridgehead atoms. The van der Waals surface area contributed by atoms with Gasteiger partial charge in [0.1, 0.15) is 17.3 Å². The molecule has 2 N–H and O–H groups in total. The van der Waals surface area contributed by atoms with Gasteiger partial charge in [-0.05, 0) is 66.6 Å². The lowest BCUT2D eigenvalue weighted by atomic mass is 10.1. The fraction of sp³-hybridized carbons (Fsp3) is 0.130. The molecule has 1 amide bonds. The van der Waals surface area contributed by atoms with Crippen LogP contribution in [0.25, 0.3) is 5.69 Å². The number of imidazole rings is 1. The van der Waals surface area contributed by atoms with Gasteiger partial charge >= 0.3 is 0 Å². The molecule has 0 saturated heterocycles. The van der Waals surface area contributed by atoms with Crippen molar-refractivity contribution in [3.8, 4) is 17.2 Å². The molecule has 2 aromatic heterocycles. The highest BCUT2D eigenvalue weighted by Gasteiger charge is 2.29. The Morgan fingerprint density at radius 1 is 1.06 bits per heavy atom. The molecular weight excluding hydrogens is 460 g/mol. The van der Waals surface area contributed by atoms with E-state index < -0.39 is 10.0 Å². The average molecular weight is 483 g/mol. The maximum Gasteiger partial charge on any atom is 0.243 e. The van der Waals surface area contributed by atoms with Crippen molar-refractivity contribution in [2.45, 2.75) is 17.9 Å². The smallest absolute Gasteiger partial charge is 0.243 e. The second-order valence-corrected chi connectivity index (χ2v) is 9.18. The van der Waals surface area contributed by atoms with E-state index >= 15 is 0 Å². The fourth-order valence-electron chi connectivity index (χ4n) is 3.48. The molecule has 11 heteroatoms. The van der Waals surface area contributed by atoms with Gasteiger partial charge in [-0.15, -0.1) is 0 Å². The van der Waals surface area contributed by atoms with E-state index in [0.717, 1.165) is 11.3 Å². The van der Waals surface area contributed by atoms with Crippen LogP contribution in [0.5, 0.6) is 11.5 Å². The molecule has 0 atom stereocenters. The second kappa shape index (κ2) is 10.3. The number of fused-ring (bicyclic) bond motifs is 1. The number of aromatic nitrogens is 2. The number of furan rings is 1. The minimum atomic E-state index is -3.59. The molecule has 1 aliphatic heterocycles. The van der Waals surface area contributed by atoms with Gasteiger partial charge in [0.05, 0.1) is 24.0 Å². The van der Waals surface area contributed by atoms with Gasteiger partial charge in [-0.1, -0.05) is 0 Å². The maximum absolute atomic E-state index is 13.0. The van der Waals surface area contributed by atoms with E-state index in [2.05, 4.69) is 4.98 Å². The van der Waals surface area contributed by atoms with Crippen molar-refractivity contribution in [3.05, 3.63) is 90.9 Å². The Morgan fingerprint density at radius 2 is 1.74 bits per heavy atom. The molecule has 3 heterocycles. The van der Waals surface area contributed by atoms with E-state index in [0.29, 0.717) is 30.2 Å². The monoisotopic (exact) mass is 482 g/mol. The molecule has 0 spiro atoms. The summed E-state index contributed by atoms with van der Waals surface area (Å²) in [5.74, 6) is 1.94. The third-order valence-electron chi connectivity index (χ3n) is 5.18. The molecule has 1 aliphatic rings. The number of rotatable bonds is 6. The first-order valence-electron chi connectivity index (χ1n) is 10.3. The van der Waals surface area contributed by atoms with Crippen LogP contribution in [0.15, 0.2) is 88.9 Å². The fourth-order valence-corrected chi connectivity index (χ4v) is 4.88. The third kappa shape index (κ3) is 5.17. The molecule has 0 radical (unpaired) electrons. The number of hydrogen-bond acceptors (Lipinski definition) is 7. The molecule has 0 saturated carbocycles. The molecule has 4 aromatic rings. The van der Waals surface area contributed by atoms with Crippen LogP contribution in [0.2, 0.25) is 0 Å². The van der Waals surface area contributed by atoms with Gasteiger partial charge in [-0.2, -0.15) is 4.31 Å². The number of benzene rings is 2. The van der Waals surface area contributed by atoms with Gasteiger partial charge in [0.2, 0.25) is 16.4 Å². The highest BCUT2D eigenvalue weighted by atomic mass is 32.2. The van der Waals surface area contributed by atoms with E-state index in [1.165, 1.54) is 9.79 Å². The number of carbonyl (C=O) groups is 1. The predicted octanol–water partition coefficient (Wildman–Crippen LogP) is 3.13. The maximum atomic E-state index is 13.0. The molecule has 0 aliphatic carbocycles. The van der Waals surface area contributed by atoms with Crippen LogP contribution in [0.1, 0.15) is 11.3 Å². The number of ether oxygens (including phenoxy) is 1. The SMILES string of the molecule is O=CNO.O=S(=O)(c1ccc(Oc2ccc(-n3ccnc3)cc2)cc1)N1CCc2ccoc2C1. The van der Waals surface area contributed by atoms with Crippen molar-refractivity contribution in [1.82, 2.24) is 19.3 Å². The number of nitrogens with zero attached hydrogens (tertiary/aromatic N) is 3. The first-order chi connectivity index (χ1) is 16.5. The van der Waals surface area contributed by atoms with Crippen molar-refractivity contribution in [2.24, 2.45) is 0 Å². The lowest BCUT2D eigenvalue weighted by Gasteiger charge is -2.25. The summed E-state index contributed by atoms with van der Waals surface area (Å²) in [6.07, 6.45) is 7.75. The highest BCUT2D eigenvalue weighted by Crippen LogP contribution is 2.28. The van der Waals surface area contributed by atoms with Gasteiger partial charge in [0.15, 0.2) is 0 Å². The number of hydroxylamine groups is 1. The van der Waals surface area contributed by atoms with Crippen LogP contribution in [-0.2, 0) is 27.8 Å². The molecule has 5 rings (SSSR count). The average Bonchev–Trinajstić information content (AvgIpc) is 3.57. The lowest BCUT2D eigenvalue weighted by Crippen LogP contribution is -2.35. The molecule has 34 heavy (non-hydrogen) atoms. The molecule has 10 nitrogen and oxygen atoms in total. The topological polar surface area (TPSA) is 127 Å². The Hall–Kier alpha value is -3.93. The van der Waals surface area contributed by atoms with Crippen molar-refractivity contribution in [3.63, 3.8) is 0 Å². The summed E-state index contributed by atoms with van der Waals surface area (Å²) in [5, 5.41) is 7.26. The first kappa shape index (κ1) is 23.2. The Balaban J connectivity index is 0.000000636. The number of hydrogen-bond donors (Lipinski definition) is 2. The van der Waals surface area contributed by atoms with Crippen molar-refractivity contribution >= 4 is 16.4 Å². The summed E-state index contributed by atoms with van der Waals surface area (Å²) >= 11 is 0. The van der Waals surface area contributed by atoms with Crippen molar-refractivity contribution in [2.75, 3.05) is 6.54 Å². The van der Waals surface area contributed by atoms with Crippen LogP contribution < -0.4 is 10.2 Å². The summed E-state index contributed by atoms with van der Waals surface area (Å²) in [4.78, 5) is 13.1. The summed E-state index contributed by atoms with van der Waals surface area (Å²) in [7, 11) is -3.59. The standard InChI is InChI=1S/C22H19N3O4S.CH3NO2/c26-30(27,25-12-9-17-10-14-28-22(17)15-25)21-7-5-20(6-8-21)29-19-3-1-18(2-4-19)24-13-11-23-16-24;3-1-2-4/h1-8,10-11,13-14,16H,9,12,15H2;1,4H,(H,2,3). The Bertz CT molecular complexity index is 1320. The normalized spacial score (nSPS) is 13.3. The number of nitrogens with one attached hydrogen (secondary N) is 1. The van der Waals surface area contributed by atoms with Crippen molar-refractivity contribution < 1.29 is 27.6 Å². The molecule has 2 aromatic carbocycles. The Kier molecular flexibility index (Phi) is 7.07. The zero-order chi connectivity index (χ0) is 24.0. The predicted molar refractivity (Wildman–Crippen MR) is 121 cm³/mol. The zero-order valence-electron chi connectivity index (χ0n) is 17.9. The highest BCUT2D eigenvalue weighted by molar-refractivity contribution is 7.89. The summed E-state index contributed by atoms with van der Waals surface area (Å²) in [5.41, 5.74) is 3.30. The van der Waals surface area contributed by atoms with Crippen molar-refractivity contribution in [1.29, 1.82) is 0 Å². The van der Waals surface area contributed by atoms with E-state index in [1.807, 2.05) is 41.1 Å². The van der Waals surface area contributed by atoms with E-state index in [4.69, 9.17) is 19.2 Å². The van der Waals surface area contributed by atoms with Crippen LogP contribution >= 0.6 is 0 Å². The minimum absolute atomic E-state index is 0.181. The summed E-state index contributed by atoms with van der Waals surface area (Å²) in [6.45, 7) is 0.697. The minimum Gasteiger partial charge on any atom is -0.468 e. The molecule has 0 fully saturated rings. The quantitative estimate of drug-likeness (QED) is 0.246. The Morgan fingerprint density at radius 3 is 2.35 bits per heavy atom. The van der Waals surface area contributed by atoms with E-state index in [1.54, 1.807) is 43.1 Å². The van der Waals surface area contributed by atoms with Gasteiger partial charge in [0.25, 0.3) is 0 Å². The lowest BCUT2D eigenvalue weighted by molar-refractivity contribution is -0.116.